The topological polar surface area (TPSA) is 0 Å². The Hall–Kier alpha value is -0.270. The number of hydrogen-bond acceptors (Lipinski definition) is 0. The van der Waals surface area contributed by atoms with Crippen molar-refractivity contribution in [1.82, 2.24) is 0 Å². The highest BCUT2D eigenvalue weighted by Gasteiger charge is 2.29. The van der Waals surface area contributed by atoms with E-state index in [-0.39, 0.29) is 16.2 Å². The molecule has 0 bridgehead atoms. The lowest BCUT2D eigenvalue weighted by Gasteiger charge is -2.33. The van der Waals surface area contributed by atoms with Crippen molar-refractivity contribution in [3.05, 3.63) is 34.6 Å². The first kappa shape index (κ1) is 15.1. The van der Waals surface area contributed by atoms with E-state index in [0.717, 1.165) is 30.7 Å². The molecule has 0 heterocycles. The van der Waals surface area contributed by atoms with Gasteiger partial charge in [-0.05, 0) is 49.1 Å². The molecule has 0 spiro atoms. The van der Waals surface area contributed by atoms with Gasteiger partial charge >= 0.3 is 0 Å². The van der Waals surface area contributed by atoms with Gasteiger partial charge in [0.1, 0.15) is 5.82 Å². The number of halogens is 3. The second-order valence-electron chi connectivity index (χ2n) is 5.66. The normalized spacial score (nSPS) is 27.5. The molecule has 1 saturated carbocycles. The molecule has 1 aliphatic carbocycles. The van der Waals surface area contributed by atoms with Crippen molar-refractivity contribution in [3.8, 4) is 0 Å². The summed E-state index contributed by atoms with van der Waals surface area (Å²) in [6, 6.07) is 5.05. The maximum absolute atomic E-state index is 13.5. The lowest BCUT2D eigenvalue weighted by molar-refractivity contribution is 0.257. The standard InChI is InChI=1S/C16H21Cl2F/c1-2-4-11-7-8-14(17)13(9-11)10-12-5-3-6-15(19)16(12)18/h3,5-6,11,13-14H,2,4,7-10H2,1H3. The van der Waals surface area contributed by atoms with Crippen molar-refractivity contribution in [2.24, 2.45) is 11.8 Å². The fraction of sp³-hybridized carbons (Fsp3) is 0.625. The molecular formula is C16H21Cl2F. The van der Waals surface area contributed by atoms with Crippen LogP contribution in [-0.2, 0) is 6.42 Å². The van der Waals surface area contributed by atoms with Crippen LogP contribution in [0.4, 0.5) is 4.39 Å². The highest BCUT2D eigenvalue weighted by atomic mass is 35.5. The molecule has 2 rings (SSSR count). The molecule has 0 aromatic heterocycles. The van der Waals surface area contributed by atoms with Gasteiger partial charge in [-0.3, -0.25) is 0 Å². The Morgan fingerprint density at radius 2 is 2.11 bits per heavy atom. The smallest absolute Gasteiger partial charge is 0.142 e. The molecule has 19 heavy (non-hydrogen) atoms. The number of hydrogen-bond donors (Lipinski definition) is 0. The van der Waals surface area contributed by atoms with Gasteiger partial charge in [-0.1, -0.05) is 43.5 Å². The lowest BCUT2D eigenvalue weighted by Crippen LogP contribution is -2.27. The maximum Gasteiger partial charge on any atom is 0.142 e. The largest absolute Gasteiger partial charge is 0.205 e. The predicted molar refractivity (Wildman–Crippen MR) is 80.5 cm³/mol. The van der Waals surface area contributed by atoms with Crippen LogP contribution in [0.2, 0.25) is 5.02 Å². The molecule has 0 nitrogen and oxygen atoms in total. The first-order chi connectivity index (χ1) is 9.11. The second-order valence-corrected chi connectivity index (χ2v) is 6.60. The van der Waals surface area contributed by atoms with E-state index >= 15 is 0 Å². The van der Waals surface area contributed by atoms with Crippen molar-refractivity contribution in [1.29, 1.82) is 0 Å². The van der Waals surface area contributed by atoms with Crippen molar-refractivity contribution in [3.63, 3.8) is 0 Å². The van der Waals surface area contributed by atoms with E-state index in [0.29, 0.717) is 5.92 Å². The van der Waals surface area contributed by atoms with Crippen LogP contribution in [0.1, 0.15) is 44.6 Å². The third-order valence-corrected chi connectivity index (χ3v) is 5.21. The van der Waals surface area contributed by atoms with Gasteiger partial charge in [0.15, 0.2) is 0 Å². The first-order valence-electron chi connectivity index (χ1n) is 7.18. The monoisotopic (exact) mass is 302 g/mol. The molecule has 0 saturated heterocycles. The van der Waals surface area contributed by atoms with Gasteiger partial charge < -0.3 is 0 Å². The maximum atomic E-state index is 13.5. The molecule has 0 radical (unpaired) electrons. The van der Waals surface area contributed by atoms with E-state index in [1.165, 1.54) is 25.3 Å². The Bertz CT molecular complexity index is 419. The molecule has 0 aliphatic heterocycles. The third-order valence-electron chi connectivity index (χ3n) is 4.21. The third kappa shape index (κ3) is 3.86. The lowest BCUT2D eigenvalue weighted by atomic mass is 9.76. The summed E-state index contributed by atoms with van der Waals surface area (Å²) in [6.07, 6.45) is 6.75. The Morgan fingerprint density at radius 3 is 2.84 bits per heavy atom. The van der Waals surface area contributed by atoms with Crippen LogP contribution >= 0.6 is 23.2 Å². The van der Waals surface area contributed by atoms with E-state index < -0.39 is 0 Å². The number of rotatable bonds is 4. The molecule has 1 fully saturated rings. The zero-order valence-corrected chi connectivity index (χ0v) is 12.9. The molecule has 3 unspecified atom stereocenters. The summed E-state index contributed by atoms with van der Waals surface area (Å²) in [5, 5.41) is 0.469. The molecule has 106 valence electrons. The summed E-state index contributed by atoms with van der Waals surface area (Å²) < 4.78 is 13.5. The van der Waals surface area contributed by atoms with Crippen LogP contribution in [0.15, 0.2) is 18.2 Å². The van der Waals surface area contributed by atoms with Crippen molar-refractivity contribution in [2.75, 3.05) is 0 Å². The molecule has 0 N–H and O–H groups in total. The molecule has 0 amide bonds. The van der Waals surface area contributed by atoms with E-state index in [9.17, 15) is 4.39 Å². The van der Waals surface area contributed by atoms with Crippen LogP contribution in [0.25, 0.3) is 0 Å². The van der Waals surface area contributed by atoms with Gasteiger partial charge in [0.25, 0.3) is 0 Å². The summed E-state index contributed by atoms with van der Waals surface area (Å²) in [7, 11) is 0. The molecule has 1 aromatic carbocycles. The highest BCUT2D eigenvalue weighted by Crippen LogP contribution is 2.38. The zero-order valence-electron chi connectivity index (χ0n) is 11.3. The van der Waals surface area contributed by atoms with Crippen LogP contribution in [0.3, 0.4) is 0 Å². The molecule has 1 aromatic rings. The van der Waals surface area contributed by atoms with Gasteiger partial charge in [0, 0.05) is 5.38 Å². The molecule has 1 aliphatic rings. The fourth-order valence-corrected chi connectivity index (χ4v) is 3.72. The first-order valence-corrected chi connectivity index (χ1v) is 8.00. The van der Waals surface area contributed by atoms with Crippen LogP contribution in [-0.4, -0.2) is 5.38 Å². The summed E-state index contributed by atoms with van der Waals surface area (Å²) in [6.45, 7) is 2.23. The molecule has 3 atom stereocenters. The zero-order chi connectivity index (χ0) is 13.8. The summed E-state index contributed by atoms with van der Waals surface area (Å²) in [4.78, 5) is 0. The quantitative estimate of drug-likeness (QED) is 0.612. The van der Waals surface area contributed by atoms with Gasteiger partial charge in [0.05, 0.1) is 5.02 Å². The minimum atomic E-state index is -0.328. The van der Waals surface area contributed by atoms with Gasteiger partial charge in [-0.15, -0.1) is 11.6 Å². The van der Waals surface area contributed by atoms with E-state index in [4.69, 9.17) is 23.2 Å². The number of benzene rings is 1. The molecular weight excluding hydrogens is 282 g/mol. The second kappa shape index (κ2) is 6.95. The van der Waals surface area contributed by atoms with Crippen LogP contribution in [0.5, 0.6) is 0 Å². The van der Waals surface area contributed by atoms with Crippen LogP contribution < -0.4 is 0 Å². The average molecular weight is 303 g/mol. The van der Waals surface area contributed by atoms with Gasteiger partial charge in [-0.2, -0.15) is 0 Å². The van der Waals surface area contributed by atoms with E-state index in [1.807, 2.05) is 6.07 Å². The van der Waals surface area contributed by atoms with Gasteiger partial charge in [0.2, 0.25) is 0 Å². The highest BCUT2D eigenvalue weighted by molar-refractivity contribution is 6.31. The summed E-state index contributed by atoms with van der Waals surface area (Å²) in [5.41, 5.74) is 0.898. The van der Waals surface area contributed by atoms with Crippen LogP contribution in [0, 0.1) is 17.7 Å². The van der Waals surface area contributed by atoms with Crippen molar-refractivity contribution in [2.45, 2.75) is 50.8 Å². The van der Waals surface area contributed by atoms with Crippen molar-refractivity contribution >= 4 is 23.2 Å². The Balaban J connectivity index is 2.05. The summed E-state index contributed by atoms with van der Waals surface area (Å²) >= 11 is 12.5. The number of alkyl halides is 1. The van der Waals surface area contributed by atoms with E-state index in [2.05, 4.69) is 6.92 Å². The van der Waals surface area contributed by atoms with Gasteiger partial charge in [-0.25, -0.2) is 4.39 Å². The predicted octanol–water partition coefficient (Wildman–Crippen LogP) is 5.85. The SMILES string of the molecule is CCCC1CCC(Cl)C(Cc2cccc(F)c2Cl)C1. The van der Waals surface area contributed by atoms with E-state index in [1.54, 1.807) is 6.07 Å². The van der Waals surface area contributed by atoms with Crippen molar-refractivity contribution < 1.29 is 4.39 Å². The summed E-state index contributed by atoms with van der Waals surface area (Å²) in [5.74, 6) is 0.870. The minimum absolute atomic E-state index is 0.201. The fourth-order valence-electron chi connectivity index (χ4n) is 3.19. The minimum Gasteiger partial charge on any atom is -0.205 e. The molecule has 3 heteroatoms. The average Bonchev–Trinajstić information content (AvgIpc) is 2.39. The Kier molecular flexibility index (Phi) is 5.53. The Labute approximate surface area is 125 Å². The Morgan fingerprint density at radius 1 is 1.32 bits per heavy atom.